The van der Waals surface area contributed by atoms with Gasteiger partial charge < -0.3 is 10.4 Å². The SMILES string of the molecule is CC(C)C(CSCC(F)(F)F)NC(=O)O. The van der Waals surface area contributed by atoms with Gasteiger partial charge in [0.05, 0.1) is 5.75 Å². The Kier molecular flexibility index (Phi) is 5.85. The fourth-order valence-electron chi connectivity index (χ4n) is 0.861. The summed E-state index contributed by atoms with van der Waals surface area (Å²) >= 11 is 0.688. The van der Waals surface area contributed by atoms with Gasteiger partial charge in [-0.25, -0.2) is 4.79 Å². The van der Waals surface area contributed by atoms with Crippen LogP contribution in [0.25, 0.3) is 0 Å². The predicted molar refractivity (Wildman–Crippen MR) is 53.2 cm³/mol. The van der Waals surface area contributed by atoms with Gasteiger partial charge in [-0.2, -0.15) is 24.9 Å². The molecule has 3 nitrogen and oxygen atoms in total. The van der Waals surface area contributed by atoms with Crippen molar-refractivity contribution in [2.75, 3.05) is 11.5 Å². The average Bonchev–Trinajstić information content (AvgIpc) is 1.99. The first-order valence-electron chi connectivity index (χ1n) is 4.36. The highest BCUT2D eigenvalue weighted by molar-refractivity contribution is 7.99. The number of halogens is 3. The molecule has 0 aliphatic carbocycles. The molecule has 1 unspecified atom stereocenters. The number of amides is 1. The van der Waals surface area contributed by atoms with Gasteiger partial charge in [-0.1, -0.05) is 13.8 Å². The van der Waals surface area contributed by atoms with Crippen LogP contribution >= 0.6 is 11.8 Å². The van der Waals surface area contributed by atoms with Crippen LogP contribution < -0.4 is 5.32 Å². The van der Waals surface area contributed by atoms with E-state index in [1.54, 1.807) is 13.8 Å². The highest BCUT2D eigenvalue weighted by Crippen LogP contribution is 2.22. The number of thioether (sulfide) groups is 1. The lowest BCUT2D eigenvalue weighted by atomic mass is 10.1. The zero-order valence-electron chi connectivity index (χ0n) is 8.47. The highest BCUT2D eigenvalue weighted by atomic mass is 32.2. The van der Waals surface area contributed by atoms with Crippen LogP contribution in [0.2, 0.25) is 0 Å². The lowest BCUT2D eigenvalue weighted by Gasteiger charge is -2.20. The van der Waals surface area contributed by atoms with Gasteiger partial charge in [0.1, 0.15) is 0 Å². The van der Waals surface area contributed by atoms with E-state index in [0.717, 1.165) is 0 Å². The first kappa shape index (κ1) is 14.4. The van der Waals surface area contributed by atoms with Crippen molar-refractivity contribution >= 4 is 17.9 Å². The summed E-state index contributed by atoms with van der Waals surface area (Å²) < 4.78 is 35.4. The lowest BCUT2D eigenvalue weighted by molar-refractivity contribution is -0.105. The monoisotopic (exact) mass is 245 g/mol. The zero-order valence-corrected chi connectivity index (χ0v) is 9.28. The summed E-state index contributed by atoms with van der Waals surface area (Å²) in [6, 6.07) is -0.449. The Hall–Kier alpha value is -0.590. The van der Waals surface area contributed by atoms with E-state index in [1.165, 1.54) is 0 Å². The van der Waals surface area contributed by atoms with Crippen molar-refractivity contribution in [3.63, 3.8) is 0 Å². The van der Waals surface area contributed by atoms with Gasteiger partial charge in [-0.3, -0.25) is 0 Å². The van der Waals surface area contributed by atoms with E-state index < -0.39 is 24.1 Å². The van der Waals surface area contributed by atoms with E-state index >= 15 is 0 Å². The fourth-order valence-corrected chi connectivity index (χ4v) is 1.93. The Labute approximate surface area is 90.4 Å². The third-order valence-corrected chi connectivity index (χ3v) is 2.80. The molecular weight excluding hydrogens is 231 g/mol. The first-order valence-corrected chi connectivity index (χ1v) is 5.52. The molecule has 90 valence electrons. The minimum absolute atomic E-state index is 0.0261. The van der Waals surface area contributed by atoms with Crippen LogP contribution in [0.5, 0.6) is 0 Å². The molecule has 0 aliphatic rings. The number of nitrogens with one attached hydrogen (secondary N) is 1. The first-order chi connectivity index (χ1) is 6.72. The maximum Gasteiger partial charge on any atom is 0.404 e. The number of hydrogen-bond acceptors (Lipinski definition) is 2. The molecular formula is C8H14F3NO2S. The number of alkyl halides is 3. The standard InChI is InChI=1S/C8H14F3NO2S/c1-5(2)6(12-7(13)14)3-15-4-8(9,10)11/h5-6,12H,3-4H2,1-2H3,(H,13,14). The molecule has 1 atom stereocenters. The van der Waals surface area contributed by atoms with Crippen LogP contribution in [0.4, 0.5) is 18.0 Å². The molecule has 0 spiro atoms. The van der Waals surface area contributed by atoms with Crippen molar-refractivity contribution in [1.82, 2.24) is 5.32 Å². The number of carbonyl (C=O) groups is 1. The van der Waals surface area contributed by atoms with E-state index in [0.29, 0.717) is 11.8 Å². The summed E-state index contributed by atoms with van der Waals surface area (Å²) in [5.74, 6) is -0.845. The Morgan fingerprint density at radius 3 is 2.33 bits per heavy atom. The van der Waals surface area contributed by atoms with Crippen LogP contribution in [0.3, 0.4) is 0 Å². The Bertz CT molecular complexity index is 209. The maximum atomic E-state index is 11.8. The second-order valence-corrected chi connectivity index (χ2v) is 4.46. The molecule has 0 radical (unpaired) electrons. The van der Waals surface area contributed by atoms with Gasteiger partial charge in [0.2, 0.25) is 0 Å². The van der Waals surface area contributed by atoms with E-state index in [2.05, 4.69) is 5.32 Å². The van der Waals surface area contributed by atoms with E-state index in [9.17, 15) is 18.0 Å². The van der Waals surface area contributed by atoms with Crippen molar-refractivity contribution in [2.24, 2.45) is 5.92 Å². The van der Waals surface area contributed by atoms with Crippen LogP contribution in [-0.4, -0.2) is 34.9 Å². The topological polar surface area (TPSA) is 49.3 Å². The average molecular weight is 245 g/mol. The van der Waals surface area contributed by atoms with Gasteiger partial charge in [0, 0.05) is 11.8 Å². The second-order valence-electron chi connectivity index (χ2n) is 3.43. The van der Waals surface area contributed by atoms with Gasteiger partial charge >= 0.3 is 12.3 Å². The molecule has 0 heterocycles. The molecule has 0 aromatic heterocycles. The Morgan fingerprint density at radius 1 is 1.47 bits per heavy atom. The predicted octanol–water partition coefficient (Wildman–Crippen LogP) is 2.57. The summed E-state index contributed by atoms with van der Waals surface area (Å²) in [5, 5.41) is 10.6. The van der Waals surface area contributed by atoms with Crippen molar-refractivity contribution in [1.29, 1.82) is 0 Å². The van der Waals surface area contributed by atoms with Gasteiger partial charge in [-0.05, 0) is 5.92 Å². The number of carboxylic acid groups (broad SMARTS) is 1. The summed E-state index contributed by atoms with van der Waals surface area (Å²) in [7, 11) is 0. The van der Waals surface area contributed by atoms with Crippen LogP contribution in [-0.2, 0) is 0 Å². The van der Waals surface area contributed by atoms with Gasteiger partial charge in [0.25, 0.3) is 0 Å². The number of rotatable bonds is 5. The van der Waals surface area contributed by atoms with Crippen LogP contribution in [0.15, 0.2) is 0 Å². The molecule has 2 N–H and O–H groups in total. The minimum atomic E-state index is -4.20. The molecule has 15 heavy (non-hydrogen) atoms. The molecule has 7 heteroatoms. The summed E-state index contributed by atoms with van der Waals surface area (Å²) in [6.45, 7) is 3.52. The molecule has 0 saturated carbocycles. The van der Waals surface area contributed by atoms with Crippen molar-refractivity contribution in [3.05, 3.63) is 0 Å². The van der Waals surface area contributed by atoms with Crippen molar-refractivity contribution in [3.8, 4) is 0 Å². The minimum Gasteiger partial charge on any atom is -0.465 e. The molecule has 1 amide bonds. The fraction of sp³-hybridized carbons (Fsp3) is 0.875. The van der Waals surface area contributed by atoms with Gasteiger partial charge in [-0.15, -0.1) is 0 Å². The molecule has 0 bridgehead atoms. The van der Waals surface area contributed by atoms with Crippen LogP contribution in [0, 0.1) is 5.92 Å². The summed E-state index contributed by atoms with van der Waals surface area (Å²) in [5.41, 5.74) is 0. The van der Waals surface area contributed by atoms with Crippen molar-refractivity contribution in [2.45, 2.75) is 26.1 Å². The van der Waals surface area contributed by atoms with Crippen LogP contribution in [0.1, 0.15) is 13.8 Å². The molecule has 0 rings (SSSR count). The van der Waals surface area contributed by atoms with E-state index in [4.69, 9.17) is 5.11 Å². The molecule has 0 aromatic rings. The largest absolute Gasteiger partial charge is 0.465 e. The normalized spacial score (nSPS) is 14.0. The number of hydrogen-bond donors (Lipinski definition) is 2. The summed E-state index contributed by atoms with van der Waals surface area (Å²) in [6.07, 6.45) is -5.41. The van der Waals surface area contributed by atoms with E-state index in [1.807, 2.05) is 0 Å². The maximum absolute atomic E-state index is 11.8. The molecule has 0 aliphatic heterocycles. The molecule has 0 fully saturated rings. The Balaban J connectivity index is 3.92. The summed E-state index contributed by atoms with van der Waals surface area (Å²) in [4.78, 5) is 10.3. The lowest BCUT2D eigenvalue weighted by Crippen LogP contribution is -2.39. The highest BCUT2D eigenvalue weighted by Gasteiger charge is 2.28. The van der Waals surface area contributed by atoms with Crippen molar-refractivity contribution < 1.29 is 23.1 Å². The molecule has 0 aromatic carbocycles. The third-order valence-electron chi connectivity index (χ3n) is 1.68. The van der Waals surface area contributed by atoms with E-state index in [-0.39, 0.29) is 11.7 Å². The Morgan fingerprint density at radius 2 is 2.00 bits per heavy atom. The quantitative estimate of drug-likeness (QED) is 0.782. The van der Waals surface area contributed by atoms with Gasteiger partial charge in [0.15, 0.2) is 0 Å². The second kappa shape index (κ2) is 6.09. The third kappa shape index (κ3) is 8.41. The smallest absolute Gasteiger partial charge is 0.404 e. The zero-order chi connectivity index (χ0) is 12.1. The molecule has 0 saturated heterocycles.